The van der Waals surface area contributed by atoms with Crippen molar-refractivity contribution >= 4 is 45.7 Å². The summed E-state index contributed by atoms with van der Waals surface area (Å²) in [5.74, 6) is 0.000796. The van der Waals surface area contributed by atoms with Gasteiger partial charge in [-0.3, -0.25) is 10.1 Å². The molecule has 0 unspecified atom stereocenters. The van der Waals surface area contributed by atoms with Gasteiger partial charge in [0, 0.05) is 23.8 Å². The molecule has 1 aromatic heterocycles. The molecule has 3 rings (SSSR count). The highest BCUT2D eigenvalue weighted by molar-refractivity contribution is 7.17. The zero-order chi connectivity index (χ0) is 17.8. The number of rotatable bonds is 3. The predicted molar refractivity (Wildman–Crippen MR) is 101 cm³/mol. The Hall–Kier alpha value is -2.12. The van der Waals surface area contributed by atoms with E-state index >= 15 is 0 Å². The minimum absolute atomic E-state index is 0.000796. The lowest BCUT2D eigenvalue weighted by Crippen LogP contribution is -2.35. The third kappa shape index (κ3) is 4.49. The molecule has 0 radical (unpaired) electrons. The number of nitrogens with one attached hydrogen (secondary N) is 2. The predicted octanol–water partition coefficient (Wildman–Crippen LogP) is 4.38. The van der Waals surface area contributed by atoms with Crippen LogP contribution in [0.3, 0.4) is 0 Å². The van der Waals surface area contributed by atoms with E-state index in [0.29, 0.717) is 26.4 Å². The summed E-state index contributed by atoms with van der Waals surface area (Å²) in [7, 11) is 0. The molecule has 25 heavy (non-hydrogen) atoms. The van der Waals surface area contributed by atoms with Gasteiger partial charge in [-0.05, 0) is 50.5 Å². The van der Waals surface area contributed by atoms with Gasteiger partial charge in [-0.2, -0.15) is 0 Å². The molecule has 1 saturated heterocycles. The highest BCUT2D eigenvalue weighted by Crippen LogP contribution is 2.25. The van der Waals surface area contributed by atoms with Crippen molar-refractivity contribution in [1.82, 2.24) is 9.88 Å². The van der Waals surface area contributed by atoms with E-state index in [9.17, 15) is 9.59 Å². The molecular weight excluding hydrogens is 360 g/mol. The van der Waals surface area contributed by atoms with Crippen molar-refractivity contribution in [2.24, 2.45) is 0 Å². The molecular formula is C17H19ClN4O2S. The maximum Gasteiger partial charge on any atom is 0.325 e. The van der Waals surface area contributed by atoms with Crippen LogP contribution in [0.2, 0.25) is 5.02 Å². The van der Waals surface area contributed by atoms with Crippen molar-refractivity contribution in [2.45, 2.75) is 26.2 Å². The molecule has 1 aromatic carbocycles. The maximum atomic E-state index is 12.6. The molecule has 6 nitrogen and oxygen atoms in total. The van der Waals surface area contributed by atoms with Crippen molar-refractivity contribution in [2.75, 3.05) is 23.7 Å². The van der Waals surface area contributed by atoms with Gasteiger partial charge in [0.2, 0.25) is 0 Å². The molecule has 2 heterocycles. The van der Waals surface area contributed by atoms with E-state index in [1.165, 1.54) is 17.8 Å². The number of urea groups is 1. The molecule has 132 valence electrons. The normalized spacial score (nSPS) is 14.2. The van der Waals surface area contributed by atoms with Crippen LogP contribution in [-0.2, 0) is 0 Å². The summed E-state index contributed by atoms with van der Waals surface area (Å²) in [6, 6.07) is 6.40. The van der Waals surface area contributed by atoms with Crippen LogP contribution in [0.1, 0.15) is 34.6 Å². The number of aryl methyl sites for hydroxylation is 1. The molecule has 8 heteroatoms. The second kappa shape index (κ2) is 7.84. The number of piperidine rings is 1. The fraction of sp³-hybridized carbons (Fsp3) is 0.353. The second-order valence-corrected chi connectivity index (χ2v) is 7.31. The quantitative estimate of drug-likeness (QED) is 0.832. The van der Waals surface area contributed by atoms with Crippen LogP contribution in [0.15, 0.2) is 24.3 Å². The van der Waals surface area contributed by atoms with Crippen LogP contribution in [0.5, 0.6) is 0 Å². The number of likely N-dealkylation sites (tertiary alicyclic amines) is 1. The Morgan fingerprint density at radius 1 is 1.12 bits per heavy atom. The van der Waals surface area contributed by atoms with Gasteiger partial charge >= 0.3 is 6.03 Å². The third-order valence-electron chi connectivity index (χ3n) is 3.96. The first kappa shape index (κ1) is 17.7. The van der Waals surface area contributed by atoms with Crippen molar-refractivity contribution in [3.8, 4) is 0 Å². The van der Waals surface area contributed by atoms with Crippen LogP contribution in [-0.4, -0.2) is 34.9 Å². The maximum absolute atomic E-state index is 12.6. The molecule has 2 N–H and O–H groups in total. The summed E-state index contributed by atoms with van der Waals surface area (Å²) >= 11 is 7.03. The van der Waals surface area contributed by atoms with E-state index in [1.807, 2.05) is 4.90 Å². The number of carbonyl (C=O) groups is 2. The Morgan fingerprint density at radius 3 is 2.48 bits per heavy atom. The smallest absolute Gasteiger partial charge is 0.325 e. The molecule has 0 aliphatic carbocycles. The Bertz CT molecular complexity index is 769. The number of nitrogens with zero attached hydrogens (tertiary/aromatic N) is 2. The summed E-state index contributed by atoms with van der Waals surface area (Å²) in [6.07, 6.45) is 3.25. The number of amides is 3. The monoisotopic (exact) mass is 378 g/mol. The number of benzene rings is 1. The van der Waals surface area contributed by atoms with E-state index in [-0.39, 0.29) is 5.91 Å². The minimum Gasteiger partial charge on any atom is -0.338 e. The number of thiazole rings is 1. The van der Waals surface area contributed by atoms with Crippen LogP contribution >= 0.6 is 22.9 Å². The van der Waals surface area contributed by atoms with Crippen LogP contribution < -0.4 is 10.6 Å². The number of anilines is 2. The largest absolute Gasteiger partial charge is 0.338 e. The van der Waals surface area contributed by atoms with Crippen molar-refractivity contribution in [3.63, 3.8) is 0 Å². The van der Waals surface area contributed by atoms with E-state index in [2.05, 4.69) is 15.6 Å². The highest BCUT2D eigenvalue weighted by Gasteiger charge is 2.23. The van der Waals surface area contributed by atoms with Gasteiger partial charge in [0.25, 0.3) is 5.91 Å². The van der Waals surface area contributed by atoms with Crippen LogP contribution in [0.25, 0.3) is 0 Å². The first-order valence-electron chi connectivity index (χ1n) is 8.13. The summed E-state index contributed by atoms with van der Waals surface area (Å²) < 4.78 is 0. The van der Waals surface area contributed by atoms with Crippen LogP contribution in [0, 0.1) is 6.92 Å². The number of halogens is 1. The zero-order valence-corrected chi connectivity index (χ0v) is 15.4. The Balaban J connectivity index is 1.64. The SMILES string of the molecule is Cc1nc(NC(=O)Nc2ccc(Cl)cc2)sc1C(=O)N1CCCCC1. The Labute approximate surface area is 155 Å². The third-order valence-corrected chi connectivity index (χ3v) is 5.27. The van der Waals surface area contributed by atoms with E-state index in [0.717, 1.165) is 25.9 Å². The number of carbonyl (C=O) groups excluding carboxylic acids is 2. The van der Waals surface area contributed by atoms with Gasteiger partial charge in [-0.1, -0.05) is 22.9 Å². The average molecular weight is 379 g/mol. The fourth-order valence-corrected chi connectivity index (χ4v) is 3.74. The van der Waals surface area contributed by atoms with E-state index < -0.39 is 6.03 Å². The molecule has 0 saturated carbocycles. The molecule has 1 aliphatic rings. The summed E-state index contributed by atoms with van der Waals surface area (Å²) in [5, 5.41) is 6.39. The molecule has 1 fully saturated rings. The standard InChI is InChI=1S/C17H19ClN4O2S/c1-11-14(15(23)22-9-3-2-4-10-22)25-17(19-11)21-16(24)20-13-7-5-12(18)6-8-13/h5-8H,2-4,9-10H2,1H3,(H2,19,20,21,24). The molecule has 1 aliphatic heterocycles. The molecule has 0 bridgehead atoms. The van der Waals surface area contributed by atoms with Gasteiger partial charge in [0.1, 0.15) is 4.88 Å². The molecule has 0 atom stereocenters. The second-order valence-electron chi connectivity index (χ2n) is 5.87. The first-order chi connectivity index (χ1) is 12.0. The summed E-state index contributed by atoms with van der Waals surface area (Å²) in [4.78, 5) is 31.4. The minimum atomic E-state index is -0.409. The van der Waals surface area contributed by atoms with Crippen molar-refractivity contribution in [3.05, 3.63) is 39.9 Å². The average Bonchev–Trinajstić information content (AvgIpc) is 2.97. The molecule has 0 spiro atoms. The summed E-state index contributed by atoms with van der Waals surface area (Å²) in [5.41, 5.74) is 1.27. The van der Waals surface area contributed by atoms with Gasteiger partial charge in [-0.25, -0.2) is 9.78 Å². The van der Waals surface area contributed by atoms with Gasteiger partial charge in [0.05, 0.1) is 5.69 Å². The number of aromatic nitrogens is 1. The lowest BCUT2D eigenvalue weighted by atomic mass is 10.1. The van der Waals surface area contributed by atoms with E-state index in [1.54, 1.807) is 31.2 Å². The molecule has 3 amide bonds. The van der Waals surface area contributed by atoms with Crippen LogP contribution in [0.4, 0.5) is 15.6 Å². The van der Waals surface area contributed by atoms with Gasteiger partial charge < -0.3 is 10.2 Å². The number of hydrogen-bond donors (Lipinski definition) is 2. The van der Waals surface area contributed by atoms with Crippen molar-refractivity contribution < 1.29 is 9.59 Å². The lowest BCUT2D eigenvalue weighted by molar-refractivity contribution is 0.0728. The Morgan fingerprint density at radius 2 is 1.80 bits per heavy atom. The van der Waals surface area contributed by atoms with Crippen molar-refractivity contribution in [1.29, 1.82) is 0 Å². The summed E-state index contributed by atoms with van der Waals surface area (Å²) in [6.45, 7) is 3.36. The fourth-order valence-electron chi connectivity index (χ4n) is 2.68. The van der Waals surface area contributed by atoms with Gasteiger partial charge in [0.15, 0.2) is 5.13 Å². The lowest BCUT2D eigenvalue weighted by Gasteiger charge is -2.26. The Kier molecular flexibility index (Phi) is 5.55. The van der Waals surface area contributed by atoms with Gasteiger partial charge in [-0.15, -0.1) is 0 Å². The number of hydrogen-bond acceptors (Lipinski definition) is 4. The highest BCUT2D eigenvalue weighted by atomic mass is 35.5. The topological polar surface area (TPSA) is 74.3 Å². The zero-order valence-electron chi connectivity index (χ0n) is 13.8. The first-order valence-corrected chi connectivity index (χ1v) is 9.32. The van der Waals surface area contributed by atoms with E-state index in [4.69, 9.17) is 11.6 Å². The molecule has 2 aromatic rings.